The zero-order valence-corrected chi connectivity index (χ0v) is 13.4. The highest BCUT2D eigenvalue weighted by Gasteiger charge is 2.29. The van der Waals surface area contributed by atoms with Gasteiger partial charge in [0.2, 0.25) is 0 Å². The Balaban J connectivity index is 2.02. The van der Waals surface area contributed by atoms with Crippen molar-refractivity contribution in [2.24, 2.45) is 11.8 Å². The Kier molecular flexibility index (Phi) is 5.37. The number of thiazole rings is 1. The van der Waals surface area contributed by atoms with E-state index in [2.05, 4.69) is 48.3 Å². The van der Waals surface area contributed by atoms with Gasteiger partial charge in [-0.05, 0) is 18.3 Å². The van der Waals surface area contributed by atoms with Gasteiger partial charge in [0.15, 0.2) is 0 Å². The fraction of sp³-hybridized carbons (Fsp3) is 0.800. The molecule has 2 atom stereocenters. The quantitative estimate of drug-likeness (QED) is 0.899. The largest absolute Gasteiger partial charge is 0.311 e. The number of hydrogen-bond donors (Lipinski definition) is 1. The van der Waals surface area contributed by atoms with E-state index in [9.17, 15) is 0 Å². The molecular weight excluding hydrogens is 254 g/mol. The maximum absolute atomic E-state index is 4.45. The van der Waals surface area contributed by atoms with Crippen LogP contribution in [-0.2, 0) is 6.54 Å². The molecule has 4 heteroatoms. The van der Waals surface area contributed by atoms with Crippen LogP contribution in [0, 0.1) is 11.8 Å². The molecule has 2 rings (SSSR count). The number of nitrogens with one attached hydrogen (secondary N) is 1. The Labute approximate surface area is 121 Å². The molecule has 1 N–H and O–H groups in total. The first-order valence-corrected chi connectivity index (χ1v) is 8.30. The summed E-state index contributed by atoms with van der Waals surface area (Å²) in [4.78, 5) is 7.09. The summed E-state index contributed by atoms with van der Waals surface area (Å²) in [5.41, 5.74) is 0. The third kappa shape index (κ3) is 4.26. The second kappa shape index (κ2) is 6.82. The van der Waals surface area contributed by atoms with Crippen molar-refractivity contribution >= 4 is 11.3 Å². The summed E-state index contributed by atoms with van der Waals surface area (Å²) in [6, 6.07) is 1.27. The highest BCUT2D eigenvalue weighted by Crippen LogP contribution is 2.21. The zero-order valence-electron chi connectivity index (χ0n) is 12.6. The van der Waals surface area contributed by atoms with E-state index < -0.39 is 0 Å². The van der Waals surface area contributed by atoms with Crippen LogP contribution in [0.1, 0.15) is 39.1 Å². The van der Waals surface area contributed by atoms with Crippen molar-refractivity contribution in [1.82, 2.24) is 15.2 Å². The molecule has 1 aliphatic rings. The molecule has 0 saturated carbocycles. The monoisotopic (exact) mass is 281 g/mol. The lowest BCUT2D eigenvalue weighted by Crippen LogP contribution is -2.57. The molecular formula is C15H27N3S. The van der Waals surface area contributed by atoms with Gasteiger partial charge in [-0.2, -0.15) is 0 Å². The third-order valence-corrected chi connectivity index (χ3v) is 4.70. The minimum absolute atomic E-state index is 0.614. The van der Waals surface area contributed by atoms with Gasteiger partial charge in [0.25, 0.3) is 0 Å². The van der Waals surface area contributed by atoms with Gasteiger partial charge in [0.1, 0.15) is 5.01 Å². The lowest BCUT2D eigenvalue weighted by atomic mass is 9.95. The number of nitrogens with zero attached hydrogens (tertiary/aromatic N) is 2. The fourth-order valence-corrected chi connectivity index (χ4v) is 3.45. The van der Waals surface area contributed by atoms with Crippen molar-refractivity contribution in [2.45, 2.75) is 52.7 Å². The summed E-state index contributed by atoms with van der Waals surface area (Å²) >= 11 is 1.77. The van der Waals surface area contributed by atoms with Crippen molar-refractivity contribution in [3.05, 3.63) is 16.6 Å². The number of rotatable bonds is 5. The molecule has 1 aromatic rings. The molecule has 3 nitrogen and oxygen atoms in total. The predicted molar refractivity (Wildman–Crippen MR) is 82.4 cm³/mol. The molecule has 108 valence electrons. The molecule has 19 heavy (non-hydrogen) atoms. The van der Waals surface area contributed by atoms with E-state index in [0.29, 0.717) is 18.0 Å². The van der Waals surface area contributed by atoms with Gasteiger partial charge in [-0.25, -0.2) is 4.98 Å². The number of aromatic nitrogens is 1. The molecule has 0 bridgehead atoms. The van der Waals surface area contributed by atoms with Crippen LogP contribution in [0.15, 0.2) is 11.6 Å². The van der Waals surface area contributed by atoms with Crippen LogP contribution in [0.25, 0.3) is 0 Å². The molecule has 2 heterocycles. The first-order valence-electron chi connectivity index (χ1n) is 7.42. The molecule has 0 radical (unpaired) electrons. The molecule has 1 fully saturated rings. The van der Waals surface area contributed by atoms with E-state index in [-0.39, 0.29) is 0 Å². The van der Waals surface area contributed by atoms with Crippen molar-refractivity contribution < 1.29 is 0 Å². The highest BCUT2D eigenvalue weighted by atomic mass is 32.1. The summed E-state index contributed by atoms with van der Waals surface area (Å²) in [5.74, 6) is 1.44. The molecule has 0 aliphatic carbocycles. The van der Waals surface area contributed by atoms with Crippen LogP contribution < -0.4 is 5.32 Å². The minimum atomic E-state index is 0.614. The average Bonchev–Trinajstić information content (AvgIpc) is 2.83. The van der Waals surface area contributed by atoms with Crippen LogP contribution in [0.3, 0.4) is 0 Å². The summed E-state index contributed by atoms with van der Waals surface area (Å²) in [6.07, 6.45) is 3.18. The lowest BCUT2D eigenvalue weighted by Gasteiger charge is -2.42. The maximum Gasteiger partial charge on any atom is 0.107 e. The molecule has 0 amide bonds. The van der Waals surface area contributed by atoms with Gasteiger partial charge >= 0.3 is 0 Å². The summed E-state index contributed by atoms with van der Waals surface area (Å²) < 4.78 is 0. The van der Waals surface area contributed by atoms with Gasteiger partial charge in [0.05, 0.1) is 6.54 Å². The normalized spacial score (nSPS) is 25.4. The van der Waals surface area contributed by atoms with Gasteiger partial charge in [0, 0.05) is 36.8 Å². The Morgan fingerprint density at radius 2 is 2.21 bits per heavy atom. The second-order valence-corrected chi connectivity index (χ2v) is 7.38. The maximum atomic E-state index is 4.45. The van der Waals surface area contributed by atoms with E-state index in [4.69, 9.17) is 0 Å². The lowest BCUT2D eigenvalue weighted by molar-refractivity contribution is 0.0923. The van der Waals surface area contributed by atoms with Crippen molar-refractivity contribution in [1.29, 1.82) is 0 Å². The summed E-state index contributed by atoms with van der Waals surface area (Å²) in [6.45, 7) is 12.5. The van der Waals surface area contributed by atoms with Crippen molar-refractivity contribution in [2.75, 3.05) is 13.1 Å². The molecule has 2 unspecified atom stereocenters. The first-order chi connectivity index (χ1) is 9.06. The van der Waals surface area contributed by atoms with Crippen LogP contribution in [0.5, 0.6) is 0 Å². The second-order valence-electron chi connectivity index (χ2n) is 6.40. The van der Waals surface area contributed by atoms with Crippen molar-refractivity contribution in [3.63, 3.8) is 0 Å². The number of hydrogen-bond acceptors (Lipinski definition) is 4. The number of piperazine rings is 1. The van der Waals surface area contributed by atoms with Crippen molar-refractivity contribution in [3.8, 4) is 0 Å². The van der Waals surface area contributed by atoms with Crippen LogP contribution in [0.2, 0.25) is 0 Å². The Morgan fingerprint density at radius 1 is 1.42 bits per heavy atom. The predicted octanol–water partition coefficient (Wildman–Crippen LogP) is 2.99. The standard InChI is InChI=1S/C15H27N3S/c1-11(2)7-13-8-17-14(12(3)4)9-18(13)10-15-16-5-6-19-15/h5-6,11-14,17H,7-10H2,1-4H3. The minimum Gasteiger partial charge on any atom is -0.311 e. The Morgan fingerprint density at radius 3 is 2.79 bits per heavy atom. The SMILES string of the molecule is CC(C)CC1CNC(C(C)C)CN1Cc1nccs1. The molecule has 0 aromatic carbocycles. The van der Waals surface area contributed by atoms with E-state index in [1.807, 2.05) is 6.20 Å². The van der Waals surface area contributed by atoms with E-state index >= 15 is 0 Å². The van der Waals surface area contributed by atoms with E-state index in [0.717, 1.165) is 25.6 Å². The molecule has 0 spiro atoms. The molecule has 1 saturated heterocycles. The average molecular weight is 281 g/mol. The first kappa shape index (κ1) is 14.9. The van der Waals surface area contributed by atoms with E-state index in [1.54, 1.807) is 11.3 Å². The molecule has 1 aromatic heterocycles. The molecule has 1 aliphatic heterocycles. The van der Waals surface area contributed by atoms with Gasteiger partial charge in [-0.1, -0.05) is 27.7 Å². The zero-order chi connectivity index (χ0) is 13.8. The van der Waals surface area contributed by atoms with E-state index in [1.165, 1.54) is 11.4 Å². The van der Waals surface area contributed by atoms with Crippen LogP contribution in [-0.4, -0.2) is 35.1 Å². The van der Waals surface area contributed by atoms with Crippen LogP contribution in [0.4, 0.5) is 0 Å². The third-order valence-electron chi connectivity index (χ3n) is 3.93. The summed E-state index contributed by atoms with van der Waals surface area (Å²) in [7, 11) is 0. The Hall–Kier alpha value is -0.450. The van der Waals surface area contributed by atoms with Gasteiger partial charge in [-0.15, -0.1) is 11.3 Å². The van der Waals surface area contributed by atoms with Gasteiger partial charge in [-0.3, -0.25) is 4.90 Å². The smallest absolute Gasteiger partial charge is 0.107 e. The summed E-state index contributed by atoms with van der Waals surface area (Å²) in [5, 5.41) is 7.05. The topological polar surface area (TPSA) is 28.2 Å². The van der Waals surface area contributed by atoms with Crippen LogP contribution >= 0.6 is 11.3 Å². The fourth-order valence-electron chi connectivity index (χ4n) is 2.80. The Bertz CT molecular complexity index is 361. The highest BCUT2D eigenvalue weighted by molar-refractivity contribution is 7.09. The van der Waals surface area contributed by atoms with Gasteiger partial charge < -0.3 is 5.32 Å².